The van der Waals surface area contributed by atoms with E-state index in [0.29, 0.717) is 105 Å². The maximum absolute atomic E-state index is 14.7. The van der Waals surface area contributed by atoms with Crippen molar-refractivity contribution < 1.29 is 127 Å². The zero-order chi connectivity index (χ0) is 105. The van der Waals surface area contributed by atoms with E-state index in [0.717, 1.165) is 42.5 Å². The van der Waals surface area contributed by atoms with Crippen molar-refractivity contribution in [3.63, 3.8) is 0 Å². The molecule has 4 saturated heterocycles. The lowest BCUT2D eigenvalue weighted by molar-refractivity contribution is -0.139. The van der Waals surface area contributed by atoms with Gasteiger partial charge in [0.1, 0.15) is 41.6 Å². The van der Waals surface area contributed by atoms with Gasteiger partial charge in [0.2, 0.25) is 0 Å². The molecule has 12 heterocycles. The topological polar surface area (TPSA) is 435 Å². The van der Waals surface area contributed by atoms with Crippen LogP contribution < -0.4 is 21.3 Å². The number of halogens is 13. The number of alkyl halides is 4. The van der Waals surface area contributed by atoms with Crippen LogP contribution in [-0.4, -0.2) is 275 Å². The van der Waals surface area contributed by atoms with Crippen LogP contribution in [0.15, 0.2) is 227 Å². The average Bonchev–Trinajstić information content (AvgIpc) is 1.20. The summed E-state index contributed by atoms with van der Waals surface area (Å²) < 4.78 is 160. The molecule has 4 aromatic carbocycles. The first-order chi connectivity index (χ1) is 69.8. The SMILES string of the molecule is CCOC(=O)C1=C(CN2CC(/C=C/C(=O)O)CC(F)(F)C2)NC(c2nccs2)=NC1c1ccc(F)cc1Cl.COC(=O)C1=C(CN2CC(/C=C/C(=O)O)CC(F)(F)C2)NC(c2nccs2)=NC1c1ccc(F)cc1Cl.COC(=O)C1=C(CN2CCOC(/C=C/C(=O)O)C2)NC(c2nccs2)=NC1c1ccc(F)c(F)c1Cl.COC(=O)C1=C(CN2CCOC(/C=C/C(=O)O)C2)NC(c2nccs2)=NC1c1cccc(F)c1Cl. The van der Waals surface area contributed by atoms with E-state index in [9.17, 15) is 77.9 Å². The van der Waals surface area contributed by atoms with Crippen LogP contribution in [0, 0.1) is 40.9 Å². The first-order valence-corrected chi connectivity index (χ1v) is 49.1. The Balaban J connectivity index is 0.000000163. The van der Waals surface area contributed by atoms with E-state index in [1.165, 1.54) is 143 Å². The quantitative estimate of drug-likeness (QED) is 0.00709. The molecular formula is C95H89Cl4F9N16O18S4. The number of carboxylic acid groups (broad SMARTS) is 4. The Bertz CT molecular complexity index is 6580. The van der Waals surface area contributed by atoms with Crippen LogP contribution in [0.4, 0.5) is 39.5 Å². The van der Waals surface area contributed by atoms with E-state index >= 15 is 0 Å². The molecule has 16 rings (SSSR count). The lowest BCUT2D eigenvalue weighted by Gasteiger charge is -2.38. The minimum Gasteiger partial charge on any atom is -0.478 e. The molecule has 0 amide bonds. The summed E-state index contributed by atoms with van der Waals surface area (Å²) in [7, 11) is 3.65. The molecule has 8 aromatic rings. The van der Waals surface area contributed by atoms with E-state index < -0.39 is 168 Å². The summed E-state index contributed by atoms with van der Waals surface area (Å²) in [5, 5.41) is 56.7. The summed E-state index contributed by atoms with van der Waals surface area (Å²) in [6.07, 6.45) is 13.7. The number of nitrogens with zero attached hydrogens (tertiary/aromatic N) is 12. The second kappa shape index (κ2) is 50.6. The molecule has 0 saturated carbocycles. The summed E-state index contributed by atoms with van der Waals surface area (Å²) in [6, 6.07) is 9.87. The average molecular weight is 2180 g/mol. The van der Waals surface area contributed by atoms with Gasteiger partial charge in [0.25, 0.3) is 11.8 Å². The number of aliphatic carboxylic acids is 4. The first kappa shape index (κ1) is 110. The number of likely N-dealkylation sites (tertiary alicyclic amines) is 2. The van der Waals surface area contributed by atoms with Crippen molar-refractivity contribution in [1.29, 1.82) is 0 Å². The molecule has 0 bridgehead atoms. The number of methoxy groups -OCH3 is 3. The second-order valence-electron chi connectivity index (χ2n) is 32.9. The van der Waals surface area contributed by atoms with Gasteiger partial charge >= 0.3 is 47.8 Å². The predicted molar refractivity (Wildman–Crippen MR) is 523 cm³/mol. The van der Waals surface area contributed by atoms with Gasteiger partial charge in [-0.15, -0.1) is 45.3 Å². The van der Waals surface area contributed by atoms with Crippen LogP contribution in [-0.2, 0) is 66.8 Å². The number of ether oxygens (including phenoxy) is 6. The van der Waals surface area contributed by atoms with Gasteiger partial charge in [-0.05, 0) is 67.3 Å². The number of esters is 4. The second-order valence-corrected chi connectivity index (χ2v) is 38.1. The number of rotatable bonds is 29. The number of hydrogen-bond acceptors (Lipinski definition) is 34. The standard InChI is InChI=1S/C25H24ClF3N4O4S.C24H22ClF3N4O4S.C23H21ClF2N4O5S.C23H22ClFN4O5S/c1-2-37-24(36)20-18(12-33-11-14(3-6-19(34)35)10-25(28,29)13-33)31-22(23-30-7-8-38-23)32-21(20)16-5-4-15(27)9-17(16)26;1-36-23(35)19-17(11-32-10-13(2-5-18(33)34)9-24(27,28)12-32)30-21(22-29-6-7-37-22)31-20(19)15-4-3-14(26)8-16(15)25;1-34-23(33)17-15(11-30-7-8-35-12(10-30)2-5-16(31)32)28-21(22-27-6-9-36-22)29-20(17)13-3-4-14(25)19(26)18(13)24;1-33-23(32)18-16(12-29-8-9-34-13(11-29)5-6-17(30)31)27-21(22-26-7-10-35-22)28-20(18)14-3-2-4-15(25)19(14)24/h3-9,14,21H,2,10-13H2,1H3,(H,31,32)(H,34,35);2-8,13,20H,9-12H2,1H3,(H,30,31)(H,33,34);2-6,9,12,20H,7-8,10-11H2,1H3,(H,28,29)(H,31,32);2-7,10,13,20H,8-9,11-12H2,1H3,(H,27,28)(H,30,31)/b6-3+;2*5-2+;6-5+. The van der Waals surface area contributed by atoms with Crippen molar-refractivity contribution in [3.05, 3.63) is 298 Å². The highest BCUT2D eigenvalue weighted by molar-refractivity contribution is 7.12. The Kier molecular flexibility index (Phi) is 38.3. The van der Waals surface area contributed by atoms with Crippen molar-refractivity contribution in [2.75, 3.05) is 120 Å². The maximum atomic E-state index is 14.7. The molecule has 51 heteroatoms. The Labute approximate surface area is 862 Å². The van der Waals surface area contributed by atoms with Crippen LogP contribution >= 0.6 is 91.8 Å². The molecule has 8 aliphatic heterocycles. The number of piperidine rings is 2. The summed E-state index contributed by atoms with van der Waals surface area (Å²) >= 11 is 30.3. The fourth-order valence-corrected chi connectivity index (χ4v) is 20.1. The smallest absolute Gasteiger partial charge is 0.338 e. The van der Waals surface area contributed by atoms with Gasteiger partial charge in [0.05, 0.1) is 98.8 Å². The normalized spacial score (nSPS) is 21.4. The van der Waals surface area contributed by atoms with Crippen LogP contribution in [0.3, 0.4) is 0 Å². The highest BCUT2D eigenvalue weighted by Crippen LogP contribution is 2.45. The third kappa shape index (κ3) is 29.0. The van der Waals surface area contributed by atoms with Crippen molar-refractivity contribution in [2.45, 2.75) is 68.0 Å². The number of morpholine rings is 2. The van der Waals surface area contributed by atoms with Crippen LogP contribution in [0.5, 0.6) is 0 Å². The largest absolute Gasteiger partial charge is 0.478 e. The number of carboxylic acids is 4. The van der Waals surface area contributed by atoms with Gasteiger partial charge in [-0.3, -0.25) is 39.6 Å². The van der Waals surface area contributed by atoms with Crippen molar-refractivity contribution >= 4 is 163 Å². The van der Waals surface area contributed by atoms with Gasteiger partial charge in [0.15, 0.2) is 55.0 Å². The summed E-state index contributed by atoms with van der Waals surface area (Å²) in [6.45, 7) is 3.47. The Hall–Kier alpha value is -12.8. The van der Waals surface area contributed by atoms with Gasteiger partial charge in [-0.1, -0.05) is 88.9 Å². The molecule has 0 spiro atoms. The Morgan fingerprint density at radius 2 is 0.774 bits per heavy atom. The van der Waals surface area contributed by atoms with Gasteiger partial charge < -0.3 is 70.1 Å². The van der Waals surface area contributed by atoms with Crippen molar-refractivity contribution in [1.82, 2.24) is 60.8 Å². The van der Waals surface area contributed by atoms with E-state index in [1.54, 1.807) is 59.3 Å². The number of carbonyl (C=O) groups excluding carboxylic acids is 4. The summed E-state index contributed by atoms with van der Waals surface area (Å²) in [4.78, 5) is 138. The molecular weight excluding hydrogens is 2090 g/mol. The molecule has 8 unspecified atom stereocenters. The number of nitrogens with one attached hydrogen (secondary N) is 4. The number of carbonyl (C=O) groups is 8. The van der Waals surface area contributed by atoms with Crippen molar-refractivity contribution in [2.24, 2.45) is 31.8 Å². The minimum atomic E-state index is -3.09. The summed E-state index contributed by atoms with van der Waals surface area (Å²) in [5.41, 5.74) is 2.84. The number of amidine groups is 4. The van der Waals surface area contributed by atoms with E-state index in [1.807, 2.05) is 9.80 Å². The molecule has 8 aliphatic rings. The van der Waals surface area contributed by atoms with Crippen LogP contribution in [0.25, 0.3) is 0 Å². The molecule has 34 nitrogen and oxygen atoms in total. The fourth-order valence-electron chi connectivity index (χ4n) is 16.7. The van der Waals surface area contributed by atoms with Gasteiger partial charge in [0, 0.05) is 204 Å². The van der Waals surface area contributed by atoms with E-state index in [-0.39, 0.29) is 106 Å². The van der Waals surface area contributed by atoms with Crippen molar-refractivity contribution in [3.8, 4) is 0 Å². The van der Waals surface area contributed by atoms with E-state index in [2.05, 4.69) is 61.2 Å². The third-order valence-electron chi connectivity index (χ3n) is 22.7. The zero-order valence-electron chi connectivity index (χ0n) is 77.1. The van der Waals surface area contributed by atoms with Gasteiger partial charge in [-0.2, -0.15) is 0 Å². The third-order valence-corrected chi connectivity index (χ3v) is 27.3. The molecule has 146 heavy (non-hydrogen) atoms. The monoisotopic (exact) mass is 2180 g/mol. The molecule has 8 N–H and O–H groups in total. The molecule has 4 fully saturated rings. The van der Waals surface area contributed by atoms with Crippen LogP contribution in [0.2, 0.25) is 20.1 Å². The highest BCUT2D eigenvalue weighted by atomic mass is 35.5. The number of thiazole rings is 4. The van der Waals surface area contributed by atoms with Gasteiger partial charge in [-0.25, -0.2) is 97.8 Å². The molecule has 0 aliphatic carbocycles. The number of aromatic nitrogens is 4. The molecule has 772 valence electrons. The number of aliphatic imine (C=N–C) groups is 4. The predicted octanol–water partition coefficient (Wildman–Crippen LogP) is 14.2. The Morgan fingerprint density at radius 1 is 0.438 bits per heavy atom. The molecule has 0 radical (unpaired) electrons. The van der Waals surface area contributed by atoms with E-state index in [4.69, 9.17) is 95.3 Å². The summed E-state index contributed by atoms with van der Waals surface area (Å²) in [5.74, 6) is -17.9. The molecule has 8 atom stereocenters. The number of benzene rings is 4. The lowest BCUT2D eigenvalue weighted by atomic mass is 9.92. The number of hydrogen-bond donors (Lipinski definition) is 8. The maximum Gasteiger partial charge on any atom is 0.338 e. The highest BCUT2D eigenvalue weighted by Gasteiger charge is 2.46. The fraction of sp³-hybridized carbons (Fsp3) is 0.326. The minimum absolute atomic E-state index is 0.0262. The first-order valence-electron chi connectivity index (χ1n) is 44.1. The lowest BCUT2D eigenvalue weighted by Crippen LogP contribution is -2.49. The zero-order valence-corrected chi connectivity index (χ0v) is 83.4. The van der Waals surface area contributed by atoms with Crippen LogP contribution in [0.1, 0.15) is 86.2 Å². The molecule has 4 aromatic heterocycles. The Morgan fingerprint density at radius 3 is 1.11 bits per heavy atom.